The molecule has 2 N–H and O–H groups in total. The quantitative estimate of drug-likeness (QED) is 0.468. The molecule has 1 fully saturated rings. The Balaban J connectivity index is 1.35. The molecule has 35 heavy (non-hydrogen) atoms. The van der Waals surface area contributed by atoms with Crippen LogP contribution in [0, 0.1) is 5.82 Å². The van der Waals surface area contributed by atoms with Gasteiger partial charge in [-0.1, -0.05) is 12.1 Å². The van der Waals surface area contributed by atoms with E-state index in [2.05, 4.69) is 10.6 Å². The summed E-state index contributed by atoms with van der Waals surface area (Å²) >= 11 is 0. The summed E-state index contributed by atoms with van der Waals surface area (Å²) in [6.45, 7) is 3.54. The summed E-state index contributed by atoms with van der Waals surface area (Å²) in [5, 5.41) is 5.25. The Labute approximate surface area is 201 Å². The molecule has 9 heteroatoms. The number of carbonyl (C=O) groups is 3. The van der Waals surface area contributed by atoms with Gasteiger partial charge in [0.05, 0.1) is 6.61 Å². The molecule has 0 aromatic heterocycles. The van der Waals surface area contributed by atoms with E-state index in [9.17, 15) is 18.8 Å². The highest BCUT2D eigenvalue weighted by molar-refractivity contribution is 6.10. The van der Waals surface area contributed by atoms with Crippen molar-refractivity contribution < 1.29 is 28.2 Å². The molecule has 1 aliphatic heterocycles. The van der Waals surface area contributed by atoms with Crippen LogP contribution in [0.2, 0.25) is 0 Å². The first kappa shape index (κ1) is 23.7. The van der Waals surface area contributed by atoms with Crippen LogP contribution < -0.4 is 20.1 Å². The highest BCUT2D eigenvalue weighted by Crippen LogP contribution is 2.29. The van der Waals surface area contributed by atoms with Crippen molar-refractivity contribution in [2.45, 2.75) is 19.4 Å². The number of carbonyl (C=O) groups excluding carboxylic acids is 3. The van der Waals surface area contributed by atoms with E-state index in [1.807, 2.05) is 19.1 Å². The number of benzene rings is 3. The lowest BCUT2D eigenvalue weighted by molar-refractivity contribution is -0.133. The number of nitrogens with one attached hydrogen (secondary N) is 2. The van der Waals surface area contributed by atoms with Gasteiger partial charge >= 0.3 is 6.03 Å². The third-order valence-corrected chi connectivity index (χ3v) is 5.51. The van der Waals surface area contributed by atoms with Crippen molar-refractivity contribution in [2.75, 3.05) is 18.5 Å². The van der Waals surface area contributed by atoms with Crippen molar-refractivity contribution in [3.63, 3.8) is 0 Å². The van der Waals surface area contributed by atoms with Gasteiger partial charge in [0.1, 0.15) is 35.1 Å². The molecule has 4 rings (SSSR count). The molecule has 8 nitrogen and oxygen atoms in total. The first-order chi connectivity index (χ1) is 16.8. The van der Waals surface area contributed by atoms with E-state index in [1.165, 1.54) is 31.2 Å². The smallest absolute Gasteiger partial charge is 0.325 e. The number of nitrogens with zero attached hydrogens (tertiary/aromatic N) is 1. The number of hydrogen-bond acceptors (Lipinski definition) is 5. The van der Waals surface area contributed by atoms with E-state index in [1.54, 1.807) is 36.4 Å². The zero-order chi connectivity index (χ0) is 25.0. The summed E-state index contributed by atoms with van der Waals surface area (Å²) < 4.78 is 24.4. The molecule has 1 unspecified atom stereocenters. The minimum absolute atomic E-state index is 0.420. The van der Waals surface area contributed by atoms with Crippen LogP contribution in [0.25, 0.3) is 0 Å². The van der Waals surface area contributed by atoms with Gasteiger partial charge in [-0.05, 0) is 80.1 Å². The zero-order valence-electron chi connectivity index (χ0n) is 19.2. The number of ether oxygens (including phenoxy) is 2. The molecule has 0 spiro atoms. The largest absolute Gasteiger partial charge is 0.494 e. The molecule has 1 heterocycles. The molecule has 3 aromatic carbocycles. The Morgan fingerprint density at radius 3 is 2.11 bits per heavy atom. The fourth-order valence-electron chi connectivity index (χ4n) is 3.68. The minimum atomic E-state index is -1.38. The van der Waals surface area contributed by atoms with Gasteiger partial charge in [-0.2, -0.15) is 0 Å². The molecule has 0 saturated carbocycles. The molecule has 4 amide bonds. The Hall–Kier alpha value is -4.40. The number of urea groups is 1. The molecule has 0 aliphatic carbocycles. The monoisotopic (exact) mass is 477 g/mol. The zero-order valence-corrected chi connectivity index (χ0v) is 19.2. The van der Waals surface area contributed by atoms with E-state index in [-0.39, 0.29) is 0 Å². The number of hydrogen-bond donors (Lipinski definition) is 2. The Kier molecular flexibility index (Phi) is 6.68. The first-order valence-electron chi connectivity index (χ1n) is 11.0. The van der Waals surface area contributed by atoms with E-state index >= 15 is 0 Å². The Bertz CT molecular complexity index is 1230. The van der Waals surface area contributed by atoms with Gasteiger partial charge in [-0.25, -0.2) is 9.18 Å². The van der Waals surface area contributed by atoms with E-state index in [4.69, 9.17) is 9.47 Å². The molecule has 3 aromatic rings. The van der Waals surface area contributed by atoms with Crippen LogP contribution >= 0.6 is 0 Å². The molecule has 180 valence electrons. The van der Waals surface area contributed by atoms with Gasteiger partial charge in [0.25, 0.3) is 5.91 Å². The summed E-state index contributed by atoms with van der Waals surface area (Å²) in [7, 11) is 0. The second kappa shape index (κ2) is 9.84. The number of anilines is 1. The van der Waals surface area contributed by atoms with Gasteiger partial charge < -0.3 is 20.1 Å². The average molecular weight is 477 g/mol. The van der Waals surface area contributed by atoms with Crippen LogP contribution in [-0.4, -0.2) is 35.9 Å². The molecule has 0 radical (unpaired) electrons. The average Bonchev–Trinajstić information content (AvgIpc) is 3.06. The summed E-state index contributed by atoms with van der Waals surface area (Å²) in [5.74, 6) is 0.354. The molecule has 1 atom stereocenters. The summed E-state index contributed by atoms with van der Waals surface area (Å²) in [6.07, 6.45) is 0. The van der Waals surface area contributed by atoms with Crippen molar-refractivity contribution in [3.8, 4) is 17.2 Å². The van der Waals surface area contributed by atoms with Crippen molar-refractivity contribution >= 4 is 23.5 Å². The third-order valence-electron chi connectivity index (χ3n) is 5.51. The van der Waals surface area contributed by atoms with E-state index in [0.29, 0.717) is 29.4 Å². The van der Waals surface area contributed by atoms with Crippen molar-refractivity contribution in [2.24, 2.45) is 0 Å². The van der Waals surface area contributed by atoms with Crippen LogP contribution in [0.5, 0.6) is 17.2 Å². The summed E-state index contributed by atoms with van der Waals surface area (Å²) in [6, 6.07) is 18.4. The Morgan fingerprint density at radius 1 is 0.943 bits per heavy atom. The van der Waals surface area contributed by atoms with Gasteiger partial charge in [0.2, 0.25) is 5.91 Å². The predicted octanol–water partition coefficient (Wildman–Crippen LogP) is 4.42. The minimum Gasteiger partial charge on any atom is -0.494 e. The van der Waals surface area contributed by atoms with Crippen LogP contribution in [0.3, 0.4) is 0 Å². The number of imide groups is 1. The van der Waals surface area contributed by atoms with Crippen molar-refractivity contribution in [1.82, 2.24) is 10.2 Å². The fourth-order valence-corrected chi connectivity index (χ4v) is 3.68. The molecular weight excluding hydrogens is 453 g/mol. The number of amides is 4. The van der Waals surface area contributed by atoms with Gasteiger partial charge in [-0.3, -0.25) is 14.5 Å². The third kappa shape index (κ3) is 5.24. The maximum atomic E-state index is 13.3. The standard InChI is InChI=1S/C26H24FN3O5/c1-3-34-20-12-14-22(15-13-20)35-21-10-8-19(9-11-21)28-23(31)16-30-24(32)26(2,29-25(30)33)17-4-6-18(27)7-5-17/h4-15H,3,16H2,1-2H3,(H,28,31)(H,29,33). The lowest BCUT2D eigenvalue weighted by Gasteiger charge is -2.22. The molecular formula is C26H24FN3O5. The summed E-state index contributed by atoms with van der Waals surface area (Å²) in [5.41, 5.74) is -0.490. The maximum Gasteiger partial charge on any atom is 0.325 e. The molecule has 1 aliphatic rings. The van der Waals surface area contributed by atoms with Gasteiger partial charge in [0, 0.05) is 5.69 Å². The second-order valence-corrected chi connectivity index (χ2v) is 8.03. The van der Waals surface area contributed by atoms with Crippen LogP contribution in [0.15, 0.2) is 72.8 Å². The summed E-state index contributed by atoms with van der Waals surface area (Å²) in [4.78, 5) is 38.7. The van der Waals surface area contributed by atoms with Crippen molar-refractivity contribution in [1.29, 1.82) is 0 Å². The number of halogens is 1. The van der Waals surface area contributed by atoms with Crippen LogP contribution in [-0.2, 0) is 15.1 Å². The Morgan fingerprint density at radius 2 is 1.51 bits per heavy atom. The van der Waals surface area contributed by atoms with Crippen LogP contribution in [0.4, 0.5) is 14.9 Å². The normalized spacial score (nSPS) is 17.2. The first-order valence-corrected chi connectivity index (χ1v) is 11.0. The predicted molar refractivity (Wildman–Crippen MR) is 127 cm³/mol. The van der Waals surface area contributed by atoms with E-state index in [0.717, 1.165) is 10.6 Å². The molecule has 1 saturated heterocycles. The number of rotatable bonds is 8. The van der Waals surface area contributed by atoms with Crippen LogP contribution in [0.1, 0.15) is 19.4 Å². The highest BCUT2D eigenvalue weighted by atomic mass is 19.1. The maximum absolute atomic E-state index is 13.3. The van der Waals surface area contributed by atoms with Gasteiger partial charge in [-0.15, -0.1) is 0 Å². The van der Waals surface area contributed by atoms with Gasteiger partial charge in [0.15, 0.2) is 0 Å². The second-order valence-electron chi connectivity index (χ2n) is 8.03. The highest BCUT2D eigenvalue weighted by Gasteiger charge is 2.49. The van der Waals surface area contributed by atoms with Crippen molar-refractivity contribution in [3.05, 3.63) is 84.2 Å². The van der Waals surface area contributed by atoms with E-state index < -0.39 is 35.7 Å². The fraction of sp³-hybridized carbons (Fsp3) is 0.192. The SMILES string of the molecule is CCOc1ccc(Oc2ccc(NC(=O)CN3C(=O)NC(C)(c4ccc(F)cc4)C3=O)cc2)cc1. The lowest BCUT2D eigenvalue weighted by atomic mass is 9.92. The molecule has 0 bridgehead atoms. The topological polar surface area (TPSA) is 97.0 Å². The lowest BCUT2D eigenvalue weighted by Crippen LogP contribution is -2.42.